The Balaban J connectivity index is 2.16. The number of nitrogens with zero attached hydrogens (tertiary/aromatic N) is 4. The van der Waals surface area contributed by atoms with Crippen LogP contribution in [0.5, 0.6) is 0 Å². The van der Waals surface area contributed by atoms with Gasteiger partial charge in [0, 0.05) is 21.7 Å². The van der Waals surface area contributed by atoms with Crippen LogP contribution in [0.1, 0.15) is 26.6 Å². The Morgan fingerprint density at radius 1 is 1.20 bits per heavy atom. The molecule has 2 N–H and O–H groups in total. The summed E-state index contributed by atoms with van der Waals surface area (Å²) in [6.45, 7) is 6.25. The van der Waals surface area contributed by atoms with Crippen LogP contribution in [0.3, 0.4) is 0 Å². The van der Waals surface area contributed by atoms with E-state index < -0.39 is 0 Å². The summed E-state index contributed by atoms with van der Waals surface area (Å²) in [7, 11) is 0. The quantitative estimate of drug-likeness (QED) is 0.700. The molecule has 0 amide bonds. The molecule has 0 spiro atoms. The van der Waals surface area contributed by atoms with Gasteiger partial charge in [0.15, 0.2) is 5.82 Å². The van der Waals surface area contributed by atoms with Crippen LogP contribution in [0.2, 0.25) is 5.02 Å². The molecule has 0 saturated heterocycles. The Kier molecular flexibility index (Phi) is 2.95. The normalized spacial score (nSPS) is 12.2. The Morgan fingerprint density at radius 3 is 2.60 bits per heavy atom. The summed E-state index contributed by atoms with van der Waals surface area (Å²) in [6.07, 6.45) is 0. The third-order valence-corrected chi connectivity index (χ3v) is 3.99. The lowest BCUT2D eigenvalue weighted by Gasteiger charge is -2.13. The van der Waals surface area contributed by atoms with Gasteiger partial charge in [0.05, 0.1) is 0 Å². The minimum Gasteiger partial charge on any atom is -0.399 e. The molecule has 0 unspecified atom stereocenters. The van der Waals surface area contributed by atoms with Crippen LogP contribution < -0.4 is 5.73 Å². The van der Waals surface area contributed by atoms with Crippen molar-refractivity contribution in [1.29, 1.82) is 0 Å². The van der Waals surface area contributed by atoms with Gasteiger partial charge in [-0.3, -0.25) is 0 Å². The van der Waals surface area contributed by atoms with Crippen LogP contribution in [0.25, 0.3) is 15.5 Å². The van der Waals surface area contributed by atoms with Crippen LogP contribution in [0.4, 0.5) is 5.69 Å². The van der Waals surface area contributed by atoms with E-state index in [1.807, 2.05) is 12.1 Å². The molecule has 3 rings (SSSR count). The molecular weight excluding hydrogens is 294 g/mol. The van der Waals surface area contributed by atoms with Gasteiger partial charge in [-0.2, -0.15) is 9.61 Å². The molecule has 3 aromatic rings. The van der Waals surface area contributed by atoms with E-state index in [1.165, 1.54) is 11.3 Å². The predicted octanol–water partition coefficient (Wildman–Crippen LogP) is 3.39. The lowest BCUT2D eigenvalue weighted by Crippen LogP contribution is -2.16. The van der Waals surface area contributed by atoms with Gasteiger partial charge in [-0.1, -0.05) is 43.7 Å². The van der Waals surface area contributed by atoms with Crippen LogP contribution in [0, 0.1) is 0 Å². The Labute approximate surface area is 125 Å². The molecule has 1 aromatic carbocycles. The first-order valence-corrected chi connectivity index (χ1v) is 7.33. The van der Waals surface area contributed by atoms with Gasteiger partial charge < -0.3 is 5.73 Å². The van der Waals surface area contributed by atoms with E-state index in [-0.39, 0.29) is 5.41 Å². The van der Waals surface area contributed by atoms with E-state index in [0.717, 1.165) is 21.4 Å². The number of hydrogen-bond acceptors (Lipinski definition) is 5. The smallest absolute Gasteiger partial charge is 0.235 e. The molecule has 0 radical (unpaired) electrons. The Bertz CT molecular complexity index is 764. The molecule has 0 fully saturated rings. The first-order chi connectivity index (χ1) is 9.34. The fourth-order valence-electron chi connectivity index (χ4n) is 1.94. The lowest BCUT2D eigenvalue weighted by atomic mass is 9.96. The number of benzene rings is 1. The van der Waals surface area contributed by atoms with E-state index in [9.17, 15) is 0 Å². The van der Waals surface area contributed by atoms with E-state index in [4.69, 9.17) is 17.3 Å². The molecule has 0 aliphatic rings. The number of hydrogen-bond donors (Lipinski definition) is 1. The van der Waals surface area contributed by atoms with Crippen molar-refractivity contribution in [2.75, 3.05) is 5.73 Å². The molecule has 0 saturated carbocycles. The third kappa shape index (κ3) is 2.25. The number of rotatable bonds is 1. The van der Waals surface area contributed by atoms with Crippen molar-refractivity contribution in [3.63, 3.8) is 0 Å². The van der Waals surface area contributed by atoms with Gasteiger partial charge in [0.2, 0.25) is 4.96 Å². The van der Waals surface area contributed by atoms with Crippen molar-refractivity contribution in [2.24, 2.45) is 0 Å². The maximum Gasteiger partial charge on any atom is 0.235 e. The zero-order chi connectivity index (χ0) is 14.5. The van der Waals surface area contributed by atoms with Gasteiger partial charge >= 0.3 is 0 Å². The van der Waals surface area contributed by atoms with E-state index in [0.29, 0.717) is 10.7 Å². The molecular formula is C13H14ClN5S. The van der Waals surface area contributed by atoms with Gasteiger partial charge in [-0.25, -0.2) is 0 Å². The minimum atomic E-state index is -0.113. The van der Waals surface area contributed by atoms with Gasteiger partial charge in [-0.05, 0) is 18.2 Å². The first-order valence-electron chi connectivity index (χ1n) is 6.14. The van der Waals surface area contributed by atoms with Crippen molar-refractivity contribution in [3.8, 4) is 10.6 Å². The summed E-state index contributed by atoms with van der Waals surface area (Å²) in [5.74, 6) is 0.838. The zero-order valence-electron chi connectivity index (χ0n) is 11.4. The maximum absolute atomic E-state index is 6.04. The summed E-state index contributed by atoms with van der Waals surface area (Å²) in [5.41, 5.74) is 7.22. The van der Waals surface area contributed by atoms with Crippen molar-refractivity contribution < 1.29 is 0 Å². The molecule has 0 bridgehead atoms. The highest BCUT2D eigenvalue weighted by atomic mass is 35.5. The highest BCUT2D eigenvalue weighted by molar-refractivity contribution is 7.19. The van der Waals surface area contributed by atoms with Gasteiger partial charge in [0.1, 0.15) is 5.01 Å². The fourth-order valence-corrected chi connectivity index (χ4v) is 3.01. The number of fused-ring (bicyclic) bond motifs is 1. The monoisotopic (exact) mass is 307 g/mol. The molecule has 20 heavy (non-hydrogen) atoms. The molecule has 2 aromatic heterocycles. The highest BCUT2D eigenvalue weighted by Gasteiger charge is 2.23. The van der Waals surface area contributed by atoms with Crippen molar-refractivity contribution in [1.82, 2.24) is 19.8 Å². The number of nitrogen functional groups attached to an aromatic ring is 1. The molecule has 7 heteroatoms. The predicted molar refractivity (Wildman–Crippen MR) is 82.2 cm³/mol. The van der Waals surface area contributed by atoms with Crippen molar-refractivity contribution in [3.05, 3.63) is 29.0 Å². The standard InChI is InChI=1S/C13H14ClN5S/c1-13(2,3)11-16-17-12-19(11)18-10(20-12)7-4-8(14)6-9(15)5-7/h4-6H,15H2,1-3H3. The van der Waals surface area contributed by atoms with Crippen molar-refractivity contribution >= 4 is 33.6 Å². The second-order valence-corrected chi connectivity index (χ2v) is 7.04. The number of aromatic nitrogens is 4. The van der Waals surface area contributed by atoms with Gasteiger partial charge in [0.25, 0.3) is 0 Å². The summed E-state index contributed by atoms with van der Waals surface area (Å²) in [5, 5.41) is 14.4. The first kappa shape index (κ1) is 13.3. The molecule has 104 valence electrons. The number of anilines is 1. The maximum atomic E-state index is 6.04. The molecule has 0 aliphatic heterocycles. The topological polar surface area (TPSA) is 69.1 Å². The van der Waals surface area contributed by atoms with E-state index in [2.05, 4.69) is 36.1 Å². The summed E-state index contributed by atoms with van der Waals surface area (Å²) < 4.78 is 1.79. The Morgan fingerprint density at radius 2 is 1.95 bits per heavy atom. The van der Waals surface area contributed by atoms with Gasteiger partial charge in [-0.15, -0.1) is 10.2 Å². The largest absolute Gasteiger partial charge is 0.399 e. The lowest BCUT2D eigenvalue weighted by molar-refractivity contribution is 0.528. The van der Waals surface area contributed by atoms with Crippen molar-refractivity contribution in [2.45, 2.75) is 26.2 Å². The van der Waals surface area contributed by atoms with Crippen LogP contribution >= 0.6 is 22.9 Å². The minimum absolute atomic E-state index is 0.113. The number of halogens is 1. The zero-order valence-corrected chi connectivity index (χ0v) is 13.0. The highest BCUT2D eigenvalue weighted by Crippen LogP contribution is 2.31. The molecule has 0 aliphatic carbocycles. The molecule has 0 atom stereocenters. The van der Waals surface area contributed by atoms with Crippen LogP contribution in [-0.2, 0) is 5.41 Å². The third-order valence-electron chi connectivity index (χ3n) is 2.83. The number of nitrogens with two attached hydrogens (primary N) is 1. The van der Waals surface area contributed by atoms with Crippen LogP contribution in [0.15, 0.2) is 18.2 Å². The second kappa shape index (κ2) is 4.43. The van der Waals surface area contributed by atoms with Crippen LogP contribution in [-0.4, -0.2) is 19.8 Å². The van der Waals surface area contributed by atoms with E-state index in [1.54, 1.807) is 10.6 Å². The summed E-state index contributed by atoms with van der Waals surface area (Å²) >= 11 is 7.51. The average molecular weight is 308 g/mol. The summed E-state index contributed by atoms with van der Waals surface area (Å²) in [6, 6.07) is 5.42. The molecule has 2 heterocycles. The van der Waals surface area contributed by atoms with E-state index >= 15 is 0 Å². The fraction of sp³-hybridized carbons (Fsp3) is 0.308. The SMILES string of the molecule is CC(C)(C)c1nnc2sc(-c3cc(N)cc(Cl)c3)nn12. The second-order valence-electron chi connectivity index (χ2n) is 5.65. The summed E-state index contributed by atoms with van der Waals surface area (Å²) in [4.78, 5) is 0.767. The average Bonchev–Trinajstić information content (AvgIpc) is 2.83. The Hall–Kier alpha value is -1.66. The molecule has 5 nitrogen and oxygen atoms in total.